The second kappa shape index (κ2) is 7.48. The van der Waals surface area contributed by atoms with Crippen LogP contribution in [0.1, 0.15) is 10.4 Å². The molecule has 140 valence electrons. The number of hydrogen-bond acceptors (Lipinski definition) is 5. The Morgan fingerprint density at radius 3 is 2.48 bits per heavy atom. The summed E-state index contributed by atoms with van der Waals surface area (Å²) in [5.74, 6) is -0.974. The Labute approximate surface area is 163 Å². The number of fused-ring (bicyclic) bond motifs is 1. The number of H-pyrrole nitrogens is 1. The van der Waals surface area contributed by atoms with Gasteiger partial charge in [-0.05, 0) is 30.3 Å². The van der Waals surface area contributed by atoms with E-state index in [0.717, 1.165) is 0 Å². The largest absolute Gasteiger partial charge is 0.503 e. The average Bonchev–Trinajstić information content (AvgIpc) is 2.66. The molecule has 3 aromatic rings. The van der Waals surface area contributed by atoms with Crippen LogP contribution in [0.3, 0.4) is 0 Å². The van der Waals surface area contributed by atoms with Crippen molar-refractivity contribution in [3.63, 3.8) is 0 Å². The van der Waals surface area contributed by atoms with Crippen LogP contribution in [0.25, 0.3) is 22.2 Å². The van der Waals surface area contributed by atoms with Gasteiger partial charge in [0, 0.05) is 17.7 Å². The molecule has 0 fully saturated rings. The highest BCUT2D eigenvalue weighted by Gasteiger charge is 2.16. The summed E-state index contributed by atoms with van der Waals surface area (Å²) in [6.07, 6.45) is 0. The molecule has 9 heteroatoms. The van der Waals surface area contributed by atoms with Gasteiger partial charge >= 0.3 is 0 Å². The Morgan fingerprint density at radius 1 is 1.19 bits per heavy atom. The fourth-order valence-corrected chi connectivity index (χ4v) is 3.11. The number of aromatic hydroxyl groups is 1. The van der Waals surface area contributed by atoms with Crippen molar-refractivity contribution >= 4 is 45.7 Å². The standard InChI is InChI=1S/C18H15Cl2N3O4/c19-11-6-9(7-12(20)14(11)21)15-17(26)16(25)10-5-8(1-2-13(10)23-15)18(27)22-3-4-24/h1-2,5-7,24,26H,3-4,21H2,(H,22,27)(H,23,25). The number of halogens is 2. The molecule has 0 aliphatic heterocycles. The molecule has 0 radical (unpaired) electrons. The number of benzene rings is 2. The maximum Gasteiger partial charge on any atom is 0.251 e. The molecule has 0 saturated carbocycles. The van der Waals surface area contributed by atoms with Crippen LogP contribution in [0.4, 0.5) is 5.69 Å². The second-order valence-corrected chi connectivity index (χ2v) is 6.59. The number of carbonyl (C=O) groups is 1. The molecule has 1 amide bonds. The first-order chi connectivity index (χ1) is 12.8. The summed E-state index contributed by atoms with van der Waals surface area (Å²) < 4.78 is 0. The predicted octanol–water partition coefficient (Wildman–Crippen LogP) is 2.51. The van der Waals surface area contributed by atoms with Crippen molar-refractivity contribution in [1.29, 1.82) is 0 Å². The lowest BCUT2D eigenvalue weighted by Crippen LogP contribution is -2.26. The Balaban J connectivity index is 2.15. The van der Waals surface area contributed by atoms with Crippen LogP contribution in [0.5, 0.6) is 5.75 Å². The van der Waals surface area contributed by atoms with Crippen molar-refractivity contribution in [3.05, 3.63) is 56.2 Å². The third kappa shape index (κ3) is 3.57. The monoisotopic (exact) mass is 407 g/mol. The van der Waals surface area contributed by atoms with Gasteiger partial charge in [-0.1, -0.05) is 23.2 Å². The molecule has 0 unspecified atom stereocenters. The lowest BCUT2D eigenvalue weighted by atomic mass is 10.1. The number of anilines is 1. The second-order valence-electron chi connectivity index (χ2n) is 5.77. The molecule has 7 nitrogen and oxygen atoms in total. The summed E-state index contributed by atoms with van der Waals surface area (Å²) >= 11 is 12.1. The normalized spacial score (nSPS) is 10.9. The molecule has 0 saturated heterocycles. The van der Waals surface area contributed by atoms with Crippen LogP contribution in [-0.4, -0.2) is 34.3 Å². The topological polar surface area (TPSA) is 128 Å². The van der Waals surface area contributed by atoms with Crippen LogP contribution < -0.4 is 16.5 Å². The molecule has 0 spiro atoms. The van der Waals surface area contributed by atoms with Gasteiger partial charge in [-0.3, -0.25) is 9.59 Å². The van der Waals surface area contributed by atoms with Gasteiger partial charge in [0.25, 0.3) is 5.91 Å². The van der Waals surface area contributed by atoms with Gasteiger partial charge in [0.15, 0.2) is 5.75 Å². The lowest BCUT2D eigenvalue weighted by molar-refractivity contribution is 0.0945. The third-order valence-corrected chi connectivity index (χ3v) is 4.63. The first-order valence-corrected chi connectivity index (χ1v) is 8.62. The minimum absolute atomic E-state index is 0.0933. The fourth-order valence-electron chi connectivity index (χ4n) is 2.63. The van der Waals surface area contributed by atoms with Gasteiger partial charge < -0.3 is 26.2 Å². The molecule has 0 aliphatic carbocycles. The van der Waals surface area contributed by atoms with Crippen LogP contribution in [0, 0.1) is 0 Å². The summed E-state index contributed by atoms with van der Waals surface area (Å²) in [5.41, 5.74) is 6.42. The van der Waals surface area contributed by atoms with Gasteiger partial charge in [0.05, 0.1) is 38.9 Å². The Kier molecular flexibility index (Phi) is 5.27. The molecular formula is C18H15Cl2N3O4. The molecule has 3 rings (SSSR count). The number of pyridine rings is 1. The predicted molar refractivity (Wildman–Crippen MR) is 106 cm³/mol. The van der Waals surface area contributed by atoms with Crippen molar-refractivity contribution in [1.82, 2.24) is 10.3 Å². The van der Waals surface area contributed by atoms with Gasteiger partial charge in [0.2, 0.25) is 5.43 Å². The van der Waals surface area contributed by atoms with Gasteiger partial charge in [-0.15, -0.1) is 0 Å². The van der Waals surface area contributed by atoms with Crippen LogP contribution >= 0.6 is 23.2 Å². The van der Waals surface area contributed by atoms with E-state index in [1.54, 1.807) is 6.07 Å². The van der Waals surface area contributed by atoms with Gasteiger partial charge in [-0.25, -0.2) is 0 Å². The van der Waals surface area contributed by atoms with Crippen LogP contribution in [-0.2, 0) is 0 Å². The molecule has 2 aromatic carbocycles. The van der Waals surface area contributed by atoms with E-state index in [4.69, 9.17) is 34.0 Å². The minimum Gasteiger partial charge on any atom is -0.503 e. The number of nitrogens with one attached hydrogen (secondary N) is 2. The number of nitrogens with two attached hydrogens (primary N) is 1. The first kappa shape index (κ1) is 19.0. The van der Waals surface area contributed by atoms with E-state index in [0.29, 0.717) is 11.1 Å². The maximum atomic E-state index is 12.6. The summed E-state index contributed by atoms with van der Waals surface area (Å²) in [6, 6.07) is 7.41. The number of nitrogen functional groups attached to an aromatic ring is 1. The van der Waals surface area contributed by atoms with E-state index in [1.165, 1.54) is 24.3 Å². The number of aromatic nitrogens is 1. The Hall–Kier alpha value is -2.74. The number of hydrogen-bond donors (Lipinski definition) is 5. The SMILES string of the molecule is Nc1c(Cl)cc(-c2[nH]c3ccc(C(=O)NCCO)cc3c(=O)c2O)cc1Cl. The highest BCUT2D eigenvalue weighted by atomic mass is 35.5. The molecule has 0 aliphatic rings. The van der Waals surface area contributed by atoms with E-state index in [2.05, 4.69) is 10.3 Å². The van der Waals surface area contributed by atoms with E-state index in [9.17, 15) is 14.7 Å². The lowest BCUT2D eigenvalue weighted by Gasteiger charge is -2.11. The van der Waals surface area contributed by atoms with Crippen LogP contribution in [0.2, 0.25) is 10.0 Å². The van der Waals surface area contributed by atoms with Gasteiger partial charge in [-0.2, -0.15) is 0 Å². The van der Waals surface area contributed by atoms with E-state index in [-0.39, 0.29) is 45.5 Å². The number of rotatable bonds is 4. The number of aliphatic hydroxyl groups excluding tert-OH is 1. The highest BCUT2D eigenvalue weighted by Crippen LogP contribution is 2.35. The summed E-state index contributed by atoms with van der Waals surface area (Å²) in [4.78, 5) is 27.6. The van der Waals surface area contributed by atoms with E-state index < -0.39 is 17.1 Å². The molecule has 1 heterocycles. The zero-order valence-electron chi connectivity index (χ0n) is 13.8. The van der Waals surface area contributed by atoms with Crippen molar-refractivity contribution in [2.75, 3.05) is 18.9 Å². The Bertz CT molecular complexity index is 1090. The average molecular weight is 408 g/mol. The minimum atomic E-state index is -0.653. The number of aromatic amines is 1. The maximum absolute atomic E-state index is 12.6. The van der Waals surface area contributed by atoms with Crippen molar-refractivity contribution in [3.8, 4) is 17.0 Å². The molecule has 0 bridgehead atoms. The summed E-state index contributed by atoms with van der Waals surface area (Å²) in [6.45, 7) is -0.104. The smallest absolute Gasteiger partial charge is 0.251 e. The van der Waals surface area contributed by atoms with Crippen molar-refractivity contribution in [2.24, 2.45) is 0 Å². The van der Waals surface area contributed by atoms with Gasteiger partial charge in [0.1, 0.15) is 0 Å². The molecule has 27 heavy (non-hydrogen) atoms. The highest BCUT2D eigenvalue weighted by molar-refractivity contribution is 6.39. The number of carbonyl (C=O) groups excluding carboxylic acids is 1. The first-order valence-electron chi connectivity index (χ1n) is 7.86. The fraction of sp³-hybridized carbons (Fsp3) is 0.111. The van der Waals surface area contributed by atoms with Crippen LogP contribution in [0.15, 0.2) is 35.1 Å². The molecule has 0 atom stereocenters. The molecular weight excluding hydrogens is 393 g/mol. The molecule has 1 aromatic heterocycles. The third-order valence-electron chi connectivity index (χ3n) is 4.00. The zero-order chi connectivity index (χ0) is 19.7. The summed E-state index contributed by atoms with van der Waals surface area (Å²) in [5, 5.41) is 22.2. The number of aliphatic hydroxyl groups is 1. The van der Waals surface area contributed by atoms with Crippen molar-refractivity contribution in [2.45, 2.75) is 0 Å². The van der Waals surface area contributed by atoms with Crippen molar-refractivity contribution < 1.29 is 15.0 Å². The van der Waals surface area contributed by atoms with E-state index >= 15 is 0 Å². The quantitative estimate of drug-likeness (QED) is 0.424. The molecule has 6 N–H and O–H groups in total. The Morgan fingerprint density at radius 2 is 1.85 bits per heavy atom. The number of amides is 1. The summed E-state index contributed by atoms with van der Waals surface area (Å²) in [7, 11) is 0. The zero-order valence-corrected chi connectivity index (χ0v) is 15.4. The van der Waals surface area contributed by atoms with E-state index in [1.807, 2.05) is 0 Å².